The molecule has 0 aliphatic heterocycles. The lowest BCUT2D eigenvalue weighted by atomic mass is 10.0. The first kappa shape index (κ1) is 25.4. The molecular weight excluding hydrogens is 466 g/mol. The number of benzene rings is 3. The molecule has 4 aromatic rings. The first-order valence-electron chi connectivity index (χ1n) is 12.1. The minimum Gasteiger partial charge on any atom is -0.354 e. The molecule has 0 saturated heterocycles. The molecule has 0 aliphatic rings. The second-order valence-corrected chi connectivity index (χ2v) is 8.53. The van der Waals surface area contributed by atoms with Crippen LogP contribution >= 0.6 is 0 Å². The Morgan fingerprint density at radius 3 is 2.27 bits per heavy atom. The van der Waals surface area contributed by atoms with Crippen molar-refractivity contribution in [3.05, 3.63) is 120 Å². The molecule has 8 nitrogen and oxygen atoms in total. The summed E-state index contributed by atoms with van der Waals surface area (Å²) in [4.78, 5) is 43.1. The summed E-state index contributed by atoms with van der Waals surface area (Å²) in [7, 11) is 0. The Morgan fingerprint density at radius 1 is 0.838 bits per heavy atom. The minimum atomic E-state index is -0.791. The number of carbonyl (C=O) groups is 3. The van der Waals surface area contributed by atoms with Crippen LogP contribution in [0.2, 0.25) is 0 Å². The fourth-order valence-corrected chi connectivity index (χ4v) is 3.88. The van der Waals surface area contributed by atoms with E-state index < -0.39 is 11.9 Å². The normalized spacial score (nSPS) is 11.4. The zero-order valence-corrected chi connectivity index (χ0v) is 20.3. The van der Waals surface area contributed by atoms with Gasteiger partial charge in [-0.25, -0.2) is 4.98 Å². The number of carbonyl (C=O) groups excluding carboxylic acids is 3. The second kappa shape index (κ2) is 12.8. The number of imidazole rings is 1. The lowest BCUT2D eigenvalue weighted by Crippen LogP contribution is -2.48. The molecule has 1 aromatic heterocycles. The van der Waals surface area contributed by atoms with Crippen molar-refractivity contribution in [1.29, 1.82) is 0 Å². The van der Waals surface area contributed by atoms with E-state index in [4.69, 9.17) is 0 Å². The number of nitrogens with zero attached hydrogens (tertiary/aromatic N) is 2. The molecule has 3 amide bonds. The van der Waals surface area contributed by atoms with Gasteiger partial charge in [0.05, 0.1) is 17.6 Å². The van der Waals surface area contributed by atoms with Gasteiger partial charge in [0.25, 0.3) is 11.8 Å². The van der Waals surface area contributed by atoms with Gasteiger partial charge in [-0.1, -0.05) is 60.7 Å². The van der Waals surface area contributed by atoms with Crippen LogP contribution < -0.4 is 16.0 Å². The maximum absolute atomic E-state index is 13.3. The summed E-state index contributed by atoms with van der Waals surface area (Å²) < 4.78 is 1.94. The summed E-state index contributed by atoms with van der Waals surface area (Å²) in [6.07, 6.45) is 6.37. The molecular formula is C29H29N5O3. The Balaban J connectivity index is 1.44. The van der Waals surface area contributed by atoms with Gasteiger partial charge in [0.1, 0.15) is 6.04 Å². The summed E-state index contributed by atoms with van der Waals surface area (Å²) in [5.41, 5.74) is 2.05. The van der Waals surface area contributed by atoms with Crippen LogP contribution in [-0.2, 0) is 17.8 Å². The lowest BCUT2D eigenvalue weighted by Gasteiger charge is -2.20. The van der Waals surface area contributed by atoms with Crippen molar-refractivity contribution in [2.45, 2.75) is 25.4 Å². The van der Waals surface area contributed by atoms with Crippen LogP contribution in [0.4, 0.5) is 5.69 Å². The molecule has 1 atom stereocenters. The van der Waals surface area contributed by atoms with Gasteiger partial charge in [-0.15, -0.1) is 0 Å². The molecule has 0 aliphatic carbocycles. The first-order valence-corrected chi connectivity index (χ1v) is 12.1. The molecule has 0 saturated carbocycles. The van der Waals surface area contributed by atoms with E-state index in [1.807, 2.05) is 47.2 Å². The lowest BCUT2D eigenvalue weighted by molar-refractivity contribution is -0.122. The minimum absolute atomic E-state index is 0.270. The Labute approximate surface area is 215 Å². The summed E-state index contributed by atoms with van der Waals surface area (Å²) >= 11 is 0. The van der Waals surface area contributed by atoms with Crippen LogP contribution in [0.5, 0.6) is 0 Å². The molecule has 3 aromatic carbocycles. The topological polar surface area (TPSA) is 105 Å². The zero-order chi connectivity index (χ0) is 25.9. The van der Waals surface area contributed by atoms with Crippen molar-refractivity contribution in [2.75, 3.05) is 11.9 Å². The molecule has 0 bridgehead atoms. The number of aryl methyl sites for hydroxylation is 1. The molecule has 0 radical (unpaired) electrons. The highest BCUT2D eigenvalue weighted by molar-refractivity contribution is 6.09. The summed E-state index contributed by atoms with van der Waals surface area (Å²) in [5, 5.41) is 8.61. The molecule has 0 fully saturated rings. The Kier molecular flexibility index (Phi) is 8.80. The van der Waals surface area contributed by atoms with E-state index in [0.29, 0.717) is 24.2 Å². The molecule has 37 heavy (non-hydrogen) atoms. The van der Waals surface area contributed by atoms with Crippen LogP contribution in [0.25, 0.3) is 0 Å². The number of nitrogens with one attached hydrogen (secondary N) is 3. The van der Waals surface area contributed by atoms with Crippen molar-refractivity contribution in [1.82, 2.24) is 20.2 Å². The Hall–Kier alpha value is -4.72. The van der Waals surface area contributed by atoms with Crippen LogP contribution in [0.3, 0.4) is 0 Å². The molecule has 8 heteroatoms. The van der Waals surface area contributed by atoms with Gasteiger partial charge >= 0.3 is 0 Å². The van der Waals surface area contributed by atoms with E-state index in [-0.39, 0.29) is 17.4 Å². The van der Waals surface area contributed by atoms with Gasteiger partial charge in [-0.05, 0) is 36.2 Å². The van der Waals surface area contributed by atoms with Gasteiger partial charge < -0.3 is 20.5 Å². The molecule has 3 N–H and O–H groups in total. The standard InChI is InChI=1S/C29H29N5O3/c35-27(23-12-5-2-6-13-23)32-25-15-8-7-14-24(25)28(36)33-26(20-22-10-3-1-4-11-22)29(37)31-16-9-18-34-19-17-30-21-34/h1-8,10-15,17,19,21,26H,9,16,18,20H2,(H,31,37)(H,32,35)(H,33,36)/t26-/m0/s1. The Bertz CT molecular complexity index is 1310. The van der Waals surface area contributed by atoms with Crippen LogP contribution in [0.1, 0.15) is 32.7 Å². The van der Waals surface area contributed by atoms with Gasteiger partial charge in [0.15, 0.2) is 0 Å². The maximum atomic E-state index is 13.3. The zero-order valence-electron chi connectivity index (χ0n) is 20.3. The number of para-hydroxylation sites is 1. The highest BCUT2D eigenvalue weighted by Crippen LogP contribution is 2.17. The third-order valence-corrected chi connectivity index (χ3v) is 5.81. The molecule has 0 unspecified atom stereocenters. The van der Waals surface area contributed by atoms with E-state index in [1.165, 1.54) is 0 Å². The van der Waals surface area contributed by atoms with E-state index in [1.54, 1.807) is 61.1 Å². The smallest absolute Gasteiger partial charge is 0.255 e. The van der Waals surface area contributed by atoms with E-state index in [9.17, 15) is 14.4 Å². The van der Waals surface area contributed by atoms with Gasteiger partial charge in [-0.2, -0.15) is 0 Å². The van der Waals surface area contributed by atoms with Gasteiger partial charge in [0, 0.05) is 37.5 Å². The highest BCUT2D eigenvalue weighted by Gasteiger charge is 2.23. The van der Waals surface area contributed by atoms with Crippen molar-refractivity contribution < 1.29 is 14.4 Å². The van der Waals surface area contributed by atoms with Crippen molar-refractivity contribution >= 4 is 23.4 Å². The van der Waals surface area contributed by atoms with Gasteiger partial charge in [0.2, 0.25) is 5.91 Å². The fraction of sp³-hybridized carbons (Fsp3) is 0.172. The molecule has 188 valence electrons. The SMILES string of the molecule is O=C(Nc1ccccc1C(=O)N[C@@H](Cc1ccccc1)C(=O)NCCCn1ccnc1)c1ccccc1. The number of hydrogen-bond donors (Lipinski definition) is 3. The monoisotopic (exact) mass is 495 g/mol. The number of anilines is 1. The molecule has 0 spiro atoms. The van der Waals surface area contributed by atoms with Crippen molar-refractivity contribution in [3.63, 3.8) is 0 Å². The first-order chi connectivity index (χ1) is 18.1. The summed E-state index contributed by atoms with van der Waals surface area (Å²) in [5.74, 6) is -1.04. The molecule has 1 heterocycles. The van der Waals surface area contributed by atoms with E-state index in [0.717, 1.165) is 18.5 Å². The average molecular weight is 496 g/mol. The summed E-state index contributed by atoms with van der Waals surface area (Å²) in [6, 6.07) is 24.3. The van der Waals surface area contributed by atoms with Crippen molar-refractivity contribution in [3.8, 4) is 0 Å². The number of hydrogen-bond acceptors (Lipinski definition) is 4. The van der Waals surface area contributed by atoms with E-state index >= 15 is 0 Å². The number of amides is 3. The number of rotatable bonds is 11. The predicted octanol–water partition coefficient (Wildman–Crippen LogP) is 3.68. The second-order valence-electron chi connectivity index (χ2n) is 8.53. The van der Waals surface area contributed by atoms with E-state index in [2.05, 4.69) is 20.9 Å². The number of aromatic nitrogens is 2. The Morgan fingerprint density at radius 2 is 1.54 bits per heavy atom. The largest absolute Gasteiger partial charge is 0.354 e. The third-order valence-electron chi connectivity index (χ3n) is 5.81. The molecule has 4 rings (SSSR count). The summed E-state index contributed by atoms with van der Waals surface area (Å²) in [6.45, 7) is 1.19. The third kappa shape index (κ3) is 7.38. The van der Waals surface area contributed by atoms with Crippen LogP contribution in [0, 0.1) is 0 Å². The maximum Gasteiger partial charge on any atom is 0.255 e. The highest BCUT2D eigenvalue weighted by atomic mass is 16.2. The predicted molar refractivity (Wildman–Crippen MR) is 142 cm³/mol. The fourth-order valence-electron chi connectivity index (χ4n) is 3.88. The average Bonchev–Trinajstić information content (AvgIpc) is 3.45. The van der Waals surface area contributed by atoms with Crippen LogP contribution in [-0.4, -0.2) is 39.9 Å². The van der Waals surface area contributed by atoms with Crippen molar-refractivity contribution in [2.24, 2.45) is 0 Å². The quantitative estimate of drug-likeness (QED) is 0.276. The van der Waals surface area contributed by atoms with Crippen LogP contribution in [0.15, 0.2) is 104 Å². The van der Waals surface area contributed by atoms with Gasteiger partial charge in [-0.3, -0.25) is 14.4 Å².